The van der Waals surface area contributed by atoms with E-state index in [1.807, 2.05) is 0 Å². The van der Waals surface area contributed by atoms with E-state index in [1.54, 1.807) is 0 Å². The van der Waals surface area contributed by atoms with E-state index in [0.29, 0.717) is 18.2 Å². The molecule has 0 heterocycles. The zero-order valence-electron chi connectivity index (χ0n) is 13.1. The van der Waals surface area contributed by atoms with Gasteiger partial charge in [0.05, 0.1) is 12.8 Å². The van der Waals surface area contributed by atoms with Gasteiger partial charge in [-0.1, -0.05) is 19.7 Å². The topological polar surface area (TPSA) is 143 Å². The molecule has 0 spiro atoms. The lowest BCUT2D eigenvalue weighted by Crippen LogP contribution is -2.48. The van der Waals surface area contributed by atoms with Gasteiger partial charge in [-0.3, -0.25) is 9.59 Å². The molecule has 0 aromatic rings. The second-order valence-electron chi connectivity index (χ2n) is 4.11. The Labute approximate surface area is 142 Å². The van der Waals surface area contributed by atoms with Gasteiger partial charge in [-0.25, -0.2) is 14.4 Å². The summed E-state index contributed by atoms with van der Waals surface area (Å²) in [6.45, 7) is 8.30. The van der Waals surface area contributed by atoms with Crippen LogP contribution in [-0.2, 0) is 42.9 Å². The van der Waals surface area contributed by atoms with E-state index in [2.05, 4.69) is 38.7 Å². The molecule has 0 aromatic carbocycles. The average molecular weight is 356 g/mol. The molecule has 0 aromatic heterocycles. The van der Waals surface area contributed by atoms with Gasteiger partial charge in [-0.2, -0.15) is 0 Å². The van der Waals surface area contributed by atoms with Gasteiger partial charge in [0.15, 0.2) is 0 Å². The van der Waals surface area contributed by atoms with Crippen LogP contribution in [0.2, 0.25) is 0 Å². The molecule has 0 amide bonds. The third-order valence-electron chi connectivity index (χ3n) is 2.22. The Morgan fingerprint density at radius 2 is 1.20 bits per heavy atom. The fourth-order valence-corrected chi connectivity index (χ4v) is 1.19. The molecular weight excluding hydrogens is 340 g/mol. The molecule has 0 aliphatic heterocycles. The van der Waals surface area contributed by atoms with Gasteiger partial charge in [0.1, 0.15) is 0 Å². The Bertz CT molecular complexity index is 534. The minimum Gasteiger partial charge on any atom is -0.481 e. The minimum absolute atomic E-state index is 0.522. The molecular formula is C15H16O10. The van der Waals surface area contributed by atoms with Crippen LogP contribution >= 0.6 is 0 Å². The van der Waals surface area contributed by atoms with Gasteiger partial charge in [-0.15, -0.1) is 0 Å². The molecule has 0 bridgehead atoms. The van der Waals surface area contributed by atoms with Crippen LogP contribution in [0.4, 0.5) is 0 Å². The number of hydrogen-bond donors (Lipinski definition) is 1. The molecule has 0 saturated heterocycles. The average Bonchev–Trinajstić information content (AvgIpc) is 2.57. The third-order valence-corrected chi connectivity index (χ3v) is 2.22. The van der Waals surface area contributed by atoms with E-state index >= 15 is 0 Å². The molecule has 0 rings (SSSR count). The first-order valence-electron chi connectivity index (χ1n) is 6.61. The van der Waals surface area contributed by atoms with Crippen molar-refractivity contribution in [2.45, 2.75) is 18.8 Å². The summed E-state index contributed by atoms with van der Waals surface area (Å²) in [6.07, 6.45) is 0.961. The van der Waals surface area contributed by atoms with Crippen molar-refractivity contribution in [1.82, 2.24) is 0 Å². The van der Waals surface area contributed by atoms with Gasteiger partial charge >= 0.3 is 35.8 Å². The SMILES string of the molecule is C=CC(=O)OC(COC(=O)CCC(=O)O)(OC(=O)C=C)OC(=O)C=C. The van der Waals surface area contributed by atoms with E-state index < -0.39 is 55.3 Å². The summed E-state index contributed by atoms with van der Waals surface area (Å²) in [7, 11) is 0. The van der Waals surface area contributed by atoms with Gasteiger partial charge in [0, 0.05) is 18.2 Å². The number of hydrogen-bond acceptors (Lipinski definition) is 9. The Morgan fingerprint density at radius 3 is 1.52 bits per heavy atom. The highest BCUT2D eigenvalue weighted by Crippen LogP contribution is 2.19. The molecule has 0 saturated carbocycles. The molecule has 10 heteroatoms. The maximum Gasteiger partial charge on any atom is 0.460 e. The molecule has 136 valence electrons. The summed E-state index contributed by atoms with van der Waals surface area (Å²) in [4.78, 5) is 56.2. The lowest BCUT2D eigenvalue weighted by Gasteiger charge is -2.29. The highest BCUT2D eigenvalue weighted by Gasteiger charge is 2.44. The predicted molar refractivity (Wildman–Crippen MR) is 79.4 cm³/mol. The molecule has 0 unspecified atom stereocenters. The number of ether oxygens (including phenoxy) is 4. The zero-order valence-corrected chi connectivity index (χ0v) is 13.1. The van der Waals surface area contributed by atoms with Crippen LogP contribution in [0.15, 0.2) is 38.0 Å². The number of carboxylic acid groups (broad SMARTS) is 1. The number of carboxylic acids is 1. The molecule has 0 atom stereocenters. The highest BCUT2D eigenvalue weighted by molar-refractivity contribution is 5.85. The largest absolute Gasteiger partial charge is 0.481 e. The number of carbonyl (C=O) groups excluding carboxylic acids is 4. The Balaban J connectivity index is 5.39. The lowest BCUT2D eigenvalue weighted by atomic mass is 10.3. The van der Waals surface area contributed by atoms with Crippen LogP contribution in [0, 0.1) is 0 Å². The maximum absolute atomic E-state index is 11.5. The van der Waals surface area contributed by atoms with Crippen LogP contribution in [0.25, 0.3) is 0 Å². The summed E-state index contributed by atoms with van der Waals surface area (Å²) < 4.78 is 18.7. The first-order valence-corrected chi connectivity index (χ1v) is 6.61. The number of rotatable bonds is 11. The zero-order chi connectivity index (χ0) is 19.5. The smallest absolute Gasteiger partial charge is 0.460 e. The number of esters is 4. The summed E-state index contributed by atoms with van der Waals surface area (Å²) in [6, 6.07) is 0. The van der Waals surface area contributed by atoms with Gasteiger partial charge in [-0.05, 0) is 0 Å². The lowest BCUT2D eigenvalue weighted by molar-refractivity contribution is -0.337. The molecule has 25 heavy (non-hydrogen) atoms. The molecule has 0 fully saturated rings. The van der Waals surface area contributed by atoms with Gasteiger partial charge < -0.3 is 24.1 Å². The van der Waals surface area contributed by atoms with E-state index in [1.165, 1.54) is 0 Å². The van der Waals surface area contributed by atoms with E-state index in [0.717, 1.165) is 0 Å². The Kier molecular flexibility index (Phi) is 8.94. The van der Waals surface area contributed by atoms with Crippen molar-refractivity contribution in [2.24, 2.45) is 0 Å². The first kappa shape index (κ1) is 21.6. The molecule has 10 nitrogen and oxygen atoms in total. The van der Waals surface area contributed by atoms with Crippen molar-refractivity contribution in [1.29, 1.82) is 0 Å². The van der Waals surface area contributed by atoms with Crippen LogP contribution < -0.4 is 0 Å². The summed E-state index contributed by atoms with van der Waals surface area (Å²) >= 11 is 0. The van der Waals surface area contributed by atoms with Gasteiger partial charge in [0.25, 0.3) is 0 Å². The number of carbonyl (C=O) groups is 5. The van der Waals surface area contributed by atoms with Gasteiger partial charge in [0.2, 0.25) is 6.61 Å². The Hall–Kier alpha value is -3.43. The monoisotopic (exact) mass is 356 g/mol. The highest BCUT2D eigenvalue weighted by atomic mass is 16.9. The molecule has 1 N–H and O–H groups in total. The van der Waals surface area contributed by atoms with E-state index in [4.69, 9.17) is 5.11 Å². The normalized spacial score (nSPS) is 9.92. The van der Waals surface area contributed by atoms with Crippen molar-refractivity contribution in [3.8, 4) is 0 Å². The van der Waals surface area contributed by atoms with Crippen molar-refractivity contribution in [3.05, 3.63) is 38.0 Å². The second-order valence-corrected chi connectivity index (χ2v) is 4.11. The standard InChI is InChI=1S/C15H16O10/c1-4-11(18)23-15(24-12(19)5-2,25-13(20)6-3)9-22-14(21)8-7-10(16)17/h4-6H,1-3,7-9H2,(H,16,17). The molecule has 0 aliphatic carbocycles. The Morgan fingerprint density at radius 1 is 0.800 bits per heavy atom. The summed E-state index contributed by atoms with van der Waals surface area (Å²) in [5, 5.41) is 8.49. The molecule has 0 aliphatic rings. The van der Waals surface area contributed by atoms with Crippen LogP contribution in [0.3, 0.4) is 0 Å². The quantitative estimate of drug-likeness (QED) is 0.310. The van der Waals surface area contributed by atoms with Crippen molar-refractivity contribution < 1.29 is 48.0 Å². The number of aliphatic carboxylic acids is 1. The predicted octanol–water partition coefficient (Wildman–Crippen LogP) is 0.236. The van der Waals surface area contributed by atoms with E-state index in [9.17, 15) is 24.0 Å². The molecule has 0 radical (unpaired) electrons. The van der Waals surface area contributed by atoms with Crippen molar-refractivity contribution >= 4 is 29.8 Å². The summed E-state index contributed by atoms with van der Waals surface area (Å²) in [5.41, 5.74) is 0. The van der Waals surface area contributed by atoms with Crippen molar-refractivity contribution in [3.63, 3.8) is 0 Å². The van der Waals surface area contributed by atoms with Crippen molar-refractivity contribution in [2.75, 3.05) is 6.61 Å². The maximum atomic E-state index is 11.5. The fourth-order valence-electron chi connectivity index (χ4n) is 1.19. The van der Waals surface area contributed by atoms with Crippen LogP contribution in [-0.4, -0.2) is 47.5 Å². The minimum atomic E-state index is -2.76. The first-order chi connectivity index (χ1) is 11.7. The summed E-state index contributed by atoms with van der Waals surface area (Å²) in [5.74, 6) is -8.56. The van der Waals surface area contributed by atoms with E-state index in [-0.39, 0.29) is 0 Å². The third kappa shape index (κ3) is 8.69. The second kappa shape index (κ2) is 10.4. The fraction of sp³-hybridized carbons (Fsp3) is 0.267. The van der Waals surface area contributed by atoms with Crippen LogP contribution in [0.5, 0.6) is 0 Å². The van der Waals surface area contributed by atoms with Crippen LogP contribution in [0.1, 0.15) is 12.8 Å².